The van der Waals surface area contributed by atoms with Crippen LogP contribution in [0.2, 0.25) is 0 Å². The first-order valence-corrected chi connectivity index (χ1v) is 8.81. The molecule has 0 aliphatic carbocycles. The maximum Gasteiger partial charge on any atom is 0.293 e. The fraction of sp³-hybridized carbons (Fsp3) is 0.769. The fourth-order valence-corrected chi connectivity index (χ4v) is 2.50. The summed E-state index contributed by atoms with van der Waals surface area (Å²) >= 11 is 0. The summed E-state index contributed by atoms with van der Waals surface area (Å²) in [6.07, 6.45) is 0. The van der Waals surface area contributed by atoms with E-state index in [9.17, 15) is 22.8 Å². The van der Waals surface area contributed by atoms with Crippen molar-refractivity contribution in [3.05, 3.63) is 0 Å². The van der Waals surface area contributed by atoms with Gasteiger partial charge in [0.15, 0.2) is 0 Å². The van der Waals surface area contributed by atoms with Gasteiger partial charge in [0, 0.05) is 13.1 Å². The second kappa shape index (κ2) is 12.6. The van der Waals surface area contributed by atoms with E-state index in [1.54, 1.807) is 19.0 Å². The Bertz CT molecular complexity index is 464. The Balaban J connectivity index is 4.72. The quantitative estimate of drug-likeness (QED) is 0.165. The number of nitrogens with one attached hydrogen (secondary N) is 1. The van der Waals surface area contributed by atoms with Crippen LogP contribution < -0.4 is 5.32 Å². The third-order valence-electron chi connectivity index (χ3n) is 2.94. The molecule has 0 radical (unpaired) electrons. The van der Waals surface area contributed by atoms with Crippen molar-refractivity contribution in [3.63, 3.8) is 0 Å². The number of likely N-dealkylation sites (N-methyl/N-ethyl adjacent to an activating group) is 1. The van der Waals surface area contributed by atoms with E-state index in [1.165, 1.54) is 0 Å². The van der Waals surface area contributed by atoms with E-state index >= 15 is 0 Å². The van der Waals surface area contributed by atoms with Gasteiger partial charge in [0.1, 0.15) is 25.4 Å². The molecule has 0 aliphatic rings. The normalized spacial score (nSPS) is 11.8. The van der Waals surface area contributed by atoms with Crippen molar-refractivity contribution in [1.29, 1.82) is 0 Å². The van der Waals surface area contributed by atoms with Crippen LogP contribution in [-0.2, 0) is 42.9 Å². The predicted octanol–water partition coefficient (Wildman–Crippen LogP) is -2.26. The van der Waals surface area contributed by atoms with Gasteiger partial charge in [0.2, 0.25) is 0 Å². The SMILES string of the molecule is CN(C)CCOS(=O)(=O)CCNC(COC=O)(COC=O)COC=O. The van der Waals surface area contributed by atoms with Crippen molar-refractivity contribution < 1.29 is 41.2 Å². The summed E-state index contributed by atoms with van der Waals surface area (Å²) in [5.41, 5.74) is -1.28. The first kappa shape index (κ1) is 23.2. The van der Waals surface area contributed by atoms with Crippen molar-refractivity contribution in [2.24, 2.45) is 0 Å². The standard InChI is InChI=1S/C13H24N2O9S/c1-15(2)4-5-24-25(19,20)6-3-14-13(7-21-10-16,8-22-11-17)9-23-12-18/h10-12,14H,3-9H2,1-2H3. The molecule has 1 N–H and O–H groups in total. The minimum Gasteiger partial charge on any atom is -0.466 e. The van der Waals surface area contributed by atoms with E-state index in [4.69, 9.17) is 4.18 Å². The number of nitrogens with zero attached hydrogens (tertiary/aromatic N) is 1. The van der Waals surface area contributed by atoms with E-state index in [2.05, 4.69) is 19.5 Å². The third kappa shape index (κ3) is 11.4. The Kier molecular flexibility index (Phi) is 11.7. The number of carbonyl (C=O) groups excluding carboxylic acids is 3. The average molecular weight is 384 g/mol. The Labute approximate surface area is 146 Å². The van der Waals surface area contributed by atoms with Crippen LogP contribution in [0, 0.1) is 0 Å². The Hall–Kier alpha value is -1.76. The second-order valence-electron chi connectivity index (χ2n) is 5.32. The fourth-order valence-electron chi connectivity index (χ4n) is 1.71. The van der Waals surface area contributed by atoms with Gasteiger partial charge in [-0.05, 0) is 14.1 Å². The highest BCUT2D eigenvalue weighted by atomic mass is 32.2. The van der Waals surface area contributed by atoms with Gasteiger partial charge in [-0.3, -0.25) is 18.6 Å². The largest absolute Gasteiger partial charge is 0.466 e. The number of rotatable bonds is 17. The van der Waals surface area contributed by atoms with Crippen molar-refractivity contribution in [1.82, 2.24) is 10.2 Å². The van der Waals surface area contributed by atoms with E-state index in [0.29, 0.717) is 6.54 Å². The molecule has 0 fully saturated rings. The molecule has 0 bridgehead atoms. The van der Waals surface area contributed by atoms with Gasteiger partial charge < -0.3 is 24.4 Å². The van der Waals surface area contributed by atoms with Crippen molar-refractivity contribution in [3.8, 4) is 0 Å². The minimum atomic E-state index is -3.78. The topological polar surface area (TPSA) is 138 Å². The molecule has 0 aromatic heterocycles. The molecular formula is C13H24N2O9S. The molecule has 146 valence electrons. The number of hydrogen-bond donors (Lipinski definition) is 1. The van der Waals surface area contributed by atoms with Gasteiger partial charge >= 0.3 is 0 Å². The molecule has 0 saturated heterocycles. The highest BCUT2D eigenvalue weighted by Crippen LogP contribution is 2.08. The lowest BCUT2D eigenvalue weighted by molar-refractivity contribution is -0.140. The van der Waals surface area contributed by atoms with Crippen LogP contribution in [0.25, 0.3) is 0 Å². The lowest BCUT2D eigenvalue weighted by atomic mass is 10.0. The minimum absolute atomic E-state index is 0.0111. The number of ether oxygens (including phenoxy) is 3. The molecule has 0 heterocycles. The summed E-state index contributed by atoms with van der Waals surface area (Å²) < 4.78 is 42.4. The van der Waals surface area contributed by atoms with E-state index in [0.717, 1.165) is 0 Å². The first-order chi connectivity index (χ1) is 11.8. The van der Waals surface area contributed by atoms with E-state index in [1.807, 2.05) is 0 Å². The third-order valence-corrected chi connectivity index (χ3v) is 4.17. The zero-order valence-corrected chi connectivity index (χ0v) is 15.0. The van der Waals surface area contributed by atoms with Gasteiger partial charge in [0.25, 0.3) is 29.5 Å². The molecule has 0 aliphatic heterocycles. The molecule has 0 unspecified atom stereocenters. The Morgan fingerprint density at radius 3 is 1.84 bits per heavy atom. The zero-order chi connectivity index (χ0) is 19.2. The van der Waals surface area contributed by atoms with Crippen LogP contribution >= 0.6 is 0 Å². The summed E-state index contributed by atoms with van der Waals surface area (Å²) in [6, 6.07) is 0. The molecule has 12 heteroatoms. The predicted molar refractivity (Wildman–Crippen MR) is 85.1 cm³/mol. The van der Waals surface area contributed by atoms with Crippen molar-refractivity contribution in [2.75, 3.05) is 59.4 Å². The van der Waals surface area contributed by atoms with Gasteiger partial charge in [-0.15, -0.1) is 0 Å². The summed E-state index contributed by atoms with van der Waals surface area (Å²) in [6.45, 7) is -0.0878. The van der Waals surface area contributed by atoms with Crippen molar-refractivity contribution >= 4 is 29.5 Å². The molecule has 0 aromatic rings. The first-order valence-electron chi connectivity index (χ1n) is 7.23. The van der Waals surface area contributed by atoms with Gasteiger partial charge in [0.05, 0.1) is 12.4 Å². The zero-order valence-electron chi connectivity index (χ0n) is 14.2. The van der Waals surface area contributed by atoms with E-state index in [-0.39, 0.29) is 58.1 Å². The monoisotopic (exact) mass is 384 g/mol. The lowest BCUT2D eigenvalue weighted by Gasteiger charge is -2.31. The molecular weight excluding hydrogens is 360 g/mol. The van der Waals surface area contributed by atoms with Gasteiger partial charge in [-0.1, -0.05) is 0 Å². The van der Waals surface area contributed by atoms with Crippen LogP contribution in [0.15, 0.2) is 0 Å². The smallest absolute Gasteiger partial charge is 0.293 e. The molecule has 0 rings (SSSR count). The molecule has 0 amide bonds. The van der Waals surface area contributed by atoms with Crippen molar-refractivity contribution in [2.45, 2.75) is 5.54 Å². The Morgan fingerprint density at radius 1 is 0.960 bits per heavy atom. The maximum atomic E-state index is 11.8. The van der Waals surface area contributed by atoms with Gasteiger partial charge in [-0.25, -0.2) is 0 Å². The lowest BCUT2D eigenvalue weighted by Crippen LogP contribution is -2.57. The molecule has 0 atom stereocenters. The van der Waals surface area contributed by atoms with Crippen LogP contribution in [0.1, 0.15) is 0 Å². The number of hydrogen-bond acceptors (Lipinski definition) is 11. The van der Waals surface area contributed by atoms with Gasteiger partial charge in [-0.2, -0.15) is 8.42 Å². The number of carbonyl (C=O) groups is 3. The summed E-state index contributed by atoms with van der Waals surface area (Å²) in [7, 11) is -0.228. The molecule has 0 saturated carbocycles. The second-order valence-corrected chi connectivity index (χ2v) is 7.08. The molecule has 25 heavy (non-hydrogen) atoms. The van der Waals surface area contributed by atoms with Crippen LogP contribution in [-0.4, -0.2) is 97.6 Å². The van der Waals surface area contributed by atoms with Crippen LogP contribution in [0.5, 0.6) is 0 Å². The molecule has 0 aromatic carbocycles. The van der Waals surface area contributed by atoms with Crippen LogP contribution in [0.3, 0.4) is 0 Å². The summed E-state index contributed by atoms with van der Waals surface area (Å²) in [4.78, 5) is 33.0. The summed E-state index contributed by atoms with van der Waals surface area (Å²) in [5.74, 6) is -0.383. The average Bonchev–Trinajstić information content (AvgIpc) is 2.55. The highest BCUT2D eigenvalue weighted by Gasteiger charge is 2.33. The highest BCUT2D eigenvalue weighted by molar-refractivity contribution is 7.86. The summed E-state index contributed by atoms with van der Waals surface area (Å²) in [5, 5.41) is 2.77. The molecule has 11 nitrogen and oxygen atoms in total. The molecule has 0 spiro atoms. The van der Waals surface area contributed by atoms with Crippen LogP contribution in [0.4, 0.5) is 0 Å². The Morgan fingerprint density at radius 2 is 1.44 bits per heavy atom. The maximum absolute atomic E-state index is 11.8. The van der Waals surface area contributed by atoms with E-state index < -0.39 is 15.7 Å².